The Morgan fingerprint density at radius 3 is 2.47 bits per heavy atom. The minimum atomic E-state index is 0.0520. The van der Waals surface area contributed by atoms with Gasteiger partial charge in [-0.3, -0.25) is 4.79 Å². The van der Waals surface area contributed by atoms with E-state index in [2.05, 4.69) is 6.07 Å². The summed E-state index contributed by atoms with van der Waals surface area (Å²) in [5.74, 6) is 0.0520. The van der Waals surface area contributed by atoms with Crippen molar-refractivity contribution in [3.8, 4) is 0 Å². The molecule has 2 aromatic rings. The molecule has 0 unspecified atom stereocenters. The molecule has 0 spiro atoms. The first-order valence-electron chi connectivity index (χ1n) is 6.39. The molecule has 1 amide bonds. The van der Waals surface area contributed by atoms with Crippen LogP contribution in [0.1, 0.15) is 11.1 Å². The van der Waals surface area contributed by atoms with Crippen molar-refractivity contribution in [2.45, 2.75) is 6.42 Å². The number of allylic oxidation sites excluding steroid dienone is 1. The van der Waals surface area contributed by atoms with Crippen molar-refractivity contribution in [2.75, 3.05) is 11.9 Å². The lowest BCUT2D eigenvalue weighted by atomic mass is 10.0. The van der Waals surface area contributed by atoms with E-state index in [0.29, 0.717) is 0 Å². The highest BCUT2D eigenvalue weighted by Crippen LogP contribution is 2.29. The second-order valence-electron chi connectivity index (χ2n) is 4.68. The SMILES string of the molecule is CN(C(=O)C1=CCc2ccccc21)c1ccccc1. The molecule has 94 valence electrons. The molecule has 1 aliphatic rings. The third-order valence-electron chi connectivity index (χ3n) is 3.51. The number of fused-ring (bicyclic) bond motifs is 1. The number of para-hydroxylation sites is 1. The number of nitrogens with zero attached hydrogens (tertiary/aromatic N) is 1. The maximum atomic E-state index is 12.6. The molecular formula is C17H15NO. The summed E-state index contributed by atoms with van der Waals surface area (Å²) in [4.78, 5) is 14.3. The van der Waals surface area contributed by atoms with Gasteiger partial charge in [0.1, 0.15) is 0 Å². The summed E-state index contributed by atoms with van der Waals surface area (Å²) in [6, 6.07) is 17.8. The molecule has 0 heterocycles. The lowest BCUT2D eigenvalue weighted by Gasteiger charge is -2.18. The van der Waals surface area contributed by atoms with Crippen LogP contribution in [0, 0.1) is 0 Å². The predicted molar refractivity (Wildman–Crippen MR) is 78.0 cm³/mol. The molecule has 0 saturated heterocycles. The Bertz CT molecular complexity index is 643. The van der Waals surface area contributed by atoms with Crippen molar-refractivity contribution in [3.05, 3.63) is 71.8 Å². The number of likely N-dealkylation sites (N-methyl/N-ethyl adjacent to an activating group) is 1. The fraction of sp³-hybridized carbons (Fsp3) is 0.118. The number of benzene rings is 2. The van der Waals surface area contributed by atoms with E-state index >= 15 is 0 Å². The molecule has 19 heavy (non-hydrogen) atoms. The van der Waals surface area contributed by atoms with Crippen LogP contribution < -0.4 is 4.90 Å². The highest BCUT2D eigenvalue weighted by Gasteiger charge is 2.22. The average Bonchev–Trinajstić information content (AvgIpc) is 2.90. The summed E-state index contributed by atoms with van der Waals surface area (Å²) in [6.07, 6.45) is 2.87. The molecule has 0 N–H and O–H groups in total. The fourth-order valence-electron chi connectivity index (χ4n) is 2.44. The summed E-state index contributed by atoms with van der Waals surface area (Å²) in [5, 5.41) is 0. The second-order valence-corrected chi connectivity index (χ2v) is 4.68. The second kappa shape index (κ2) is 4.73. The first kappa shape index (κ1) is 11.7. The molecule has 0 bridgehead atoms. The molecule has 0 aliphatic heterocycles. The van der Waals surface area contributed by atoms with Crippen LogP contribution in [0.5, 0.6) is 0 Å². The Labute approximate surface area is 113 Å². The Balaban J connectivity index is 1.91. The summed E-state index contributed by atoms with van der Waals surface area (Å²) in [7, 11) is 1.82. The van der Waals surface area contributed by atoms with Gasteiger partial charge in [0.05, 0.1) is 0 Å². The maximum absolute atomic E-state index is 12.6. The first-order valence-corrected chi connectivity index (χ1v) is 6.39. The number of carbonyl (C=O) groups is 1. The summed E-state index contributed by atoms with van der Waals surface area (Å²) >= 11 is 0. The van der Waals surface area contributed by atoms with Gasteiger partial charge >= 0.3 is 0 Å². The number of hydrogen-bond donors (Lipinski definition) is 0. The molecule has 0 atom stereocenters. The van der Waals surface area contributed by atoms with Crippen LogP contribution in [0.3, 0.4) is 0 Å². The minimum absolute atomic E-state index is 0.0520. The number of amides is 1. The Kier molecular flexibility index (Phi) is 2.92. The third-order valence-corrected chi connectivity index (χ3v) is 3.51. The normalized spacial score (nSPS) is 12.8. The quantitative estimate of drug-likeness (QED) is 0.799. The standard InChI is InChI=1S/C17H15NO/c1-18(14-8-3-2-4-9-14)17(19)16-12-11-13-7-5-6-10-15(13)16/h2-10,12H,11H2,1H3. The zero-order valence-corrected chi connectivity index (χ0v) is 10.8. The average molecular weight is 249 g/mol. The van der Waals surface area contributed by atoms with Gasteiger partial charge in [0.2, 0.25) is 0 Å². The Morgan fingerprint density at radius 2 is 1.68 bits per heavy atom. The Hall–Kier alpha value is -2.35. The van der Waals surface area contributed by atoms with Crippen LogP contribution in [0.25, 0.3) is 5.57 Å². The molecule has 3 rings (SSSR count). The molecule has 0 saturated carbocycles. The van der Waals surface area contributed by atoms with Crippen LogP contribution in [-0.4, -0.2) is 13.0 Å². The van der Waals surface area contributed by atoms with Gasteiger partial charge in [-0.05, 0) is 29.7 Å². The zero-order valence-electron chi connectivity index (χ0n) is 10.8. The number of anilines is 1. The van der Waals surface area contributed by atoms with E-state index in [1.165, 1.54) is 5.56 Å². The summed E-state index contributed by atoms with van der Waals surface area (Å²) in [5.41, 5.74) is 4.02. The van der Waals surface area contributed by atoms with Gasteiger partial charge < -0.3 is 4.90 Å². The first-order chi connectivity index (χ1) is 9.27. The van der Waals surface area contributed by atoms with Gasteiger partial charge in [-0.15, -0.1) is 0 Å². The van der Waals surface area contributed by atoms with Gasteiger partial charge in [-0.2, -0.15) is 0 Å². The predicted octanol–water partition coefficient (Wildman–Crippen LogP) is 3.29. The van der Waals surface area contributed by atoms with Crippen molar-refractivity contribution in [3.63, 3.8) is 0 Å². The lowest BCUT2D eigenvalue weighted by molar-refractivity contribution is -0.113. The van der Waals surface area contributed by atoms with Crippen LogP contribution in [-0.2, 0) is 11.2 Å². The van der Waals surface area contributed by atoms with Gasteiger partial charge in [-0.25, -0.2) is 0 Å². The van der Waals surface area contributed by atoms with Crippen molar-refractivity contribution in [2.24, 2.45) is 0 Å². The zero-order chi connectivity index (χ0) is 13.2. The fourth-order valence-corrected chi connectivity index (χ4v) is 2.44. The molecule has 2 aromatic carbocycles. The van der Waals surface area contributed by atoms with Gasteiger partial charge in [0.15, 0.2) is 0 Å². The van der Waals surface area contributed by atoms with E-state index in [1.807, 2.05) is 61.7 Å². The number of hydrogen-bond acceptors (Lipinski definition) is 1. The molecule has 0 radical (unpaired) electrons. The number of carbonyl (C=O) groups excluding carboxylic acids is 1. The van der Waals surface area contributed by atoms with Crippen molar-refractivity contribution >= 4 is 17.2 Å². The van der Waals surface area contributed by atoms with E-state index in [9.17, 15) is 4.79 Å². The van der Waals surface area contributed by atoms with E-state index in [1.54, 1.807) is 4.90 Å². The highest BCUT2D eigenvalue weighted by molar-refractivity contribution is 6.27. The van der Waals surface area contributed by atoms with E-state index < -0.39 is 0 Å². The number of rotatable bonds is 2. The molecule has 0 fully saturated rings. The molecule has 1 aliphatic carbocycles. The van der Waals surface area contributed by atoms with Crippen LogP contribution >= 0.6 is 0 Å². The van der Waals surface area contributed by atoms with Crippen LogP contribution in [0.2, 0.25) is 0 Å². The van der Waals surface area contributed by atoms with Crippen molar-refractivity contribution < 1.29 is 4.79 Å². The molecular weight excluding hydrogens is 234 g/mol. The van der Waals surface area contributed by atoms with Crippen LogP contribution in [0.15, 0.2) is 60.7 Å². The van der Waals surface area contributed by atoms with E-state index in [4.69, 9.17) is 0 Å². The molecule has 2 nitrogen and oxygen atoms in total. The smallest absolute Gasteiger partial charge is 0.258 e. The molecule has 2 heteroatoms. The summed E-state index contributed by atoms with van der Waals surface area (Å²) in [6.45, 7) is 0. The van der Waals surface area contributed by atoms with Crippen molar-refractivity contribution in [1.29, 1.82) is 0 Å². The molecule has 0 aromatic heterocycles. The van der Waals surface area contributed by atoms with E-state index in [0.717, 1.165) is 23.2 Å². The monoisotopic (exact) mass is 249 g/mol. The third kappa shape index (κ3) is 2.06. The topological polar surface area (TPSA) is 20.3 Å². The van der Waals surface area contributed by atoms with E-state index in [-0.39, 0.29) is 5.91 Å². The van der Waals surface area contributed by atoms with Crippen LogP contribution in [0.4, 0.5) is 5.69 Å². The lowest BCUT2D eigenvalue weighted by Crippen LogP contribution is -2.26. The highest BCUT2D eigenvalue weighted by atomic mass is 16.2. The van der Waals surface area contributed by atoms with Gasteiger partial charge in [-0.1, -0.05) is 48.5 Å². The summed E-state index contributed by atoms with van der Waals surface area (Å²) < 4.78 is 0. The van der Waals surface area contributed by atoms with Gasteiger partial charge in [0, 0.05) is 18.3 Å². The largest absolute Gasteiger partial charge is 0.311 e. The Morgan fingerprint density at radius 1 is 1.00 bits per heavy atom. The van der Waals surface area contributed by atoms with Gasteiger partial charge in [0.25, 0.3) is 5.91 Å². The maximum Gasteiger partial charge on any atom is 0.258 e. The minimum Gasteiger partial charge on any atom is -0.311 e. The van der Waals surface area contributed by atoms with Crippen molar-refractivity contribution in [1.82, 2.24) is 0 Å².